The first-order valence-electron chi connectivity index (χ1n) is 8.36. The van der Waals surface area contributed by atoms with Gasteiger partial charge in [0.05, 0.1) is 17.0 Å². The number of aliphatic hydroxyl groups excluding tert-OH is 1. The molecule has 2 rings (SSSR count). The van der Waals surface area contributed by atoms with Crippen LogP contribution in [0.5, 0.6) is 0 Å². The summed E-state index contributed by atoms with van der Waals surface area (Å²) in [6.45, 7) is 6.97. The van der Waals surface area contributed by atoms with Gasteiger partial charge < -0.3 is 15.3 Å². The first-order chi connectivity index (χ1) is 11.7. The highest BCUT2D eigenvalue weighted by atomic mass is 35.5. The number of guanidine groups is 1. The molecule has 1 aromatic carbocycles. The molecular formula is C17H26ClN3O3S. The molecule has 0 aliphatic carbocycles. The fraction of sp³-hybridized carbons (Fsp3) is 0.588. The second kappa shape index (κ2) is 7.93. The topological polar surface area (TPSA) is 82.0 Å². The Morgan fingerprint density at radius 1 is 1.44 bits per heavy atom. The standard InChI is InChI=1S/C17H26ClN3O3S/c1-4-19-16(21-9-10-25(23,24)17(2,3)12-21)20-11-15(22)13-7-5-6-8-14(13)18/h5-8,15,22H,4,9-12H2,1-3H3,(H,19,20). The average Bonchev–Trinajstić information content (AvgIpc) is 2.54. The van der Waals surface area contributed by atoms with Crippen molar-refractivity contribution in [2.24, 2.45) is 4.99 Å². The summed E-state index contributed by atoms with van der Waals surface area (Å²) in [4.78, 5) is 6.43. The van der Waals surface area contributed by atoms with Crippen LogP contribution in [0.2, 0.25) is 5.02 Å². The summed E-state index contributed by atoms with van der Waals surface area (Å²) in [5.41, 5.74) is 0.630. The Labute approximate surface area is 154 Å². The third kappa shape index (κ3) is 4.65. The number of aliphatic hydroxyl groups is 1. The predicted octanol–water partition coefficient (Wildman–Crippen LogP) is 1.85. The lowest BCUT2D eigenvalue weighted by Gasteiger charge is -2.39. The lowest BCUT2D eigenvalue weighted by molar-refractivity contribution is 0.186. The molecule has 0 amide bonds. The second-order valence-corrected chi connectivity index (χ2v) is 9.88. The summed E-state index contributed by atoms with van der Waals surface area (Å²) < 4.78 is 23.5. The molecule has 0 spiro atoms. The van der Waals surface area contributed by atoms with Crippen LogP contribution in [0, 0.1) is 0 Å². The van der Waals surface area contributed by atoms with Gasteiger partial charge in [-0.25, -0.2) is 8.42 Å². The molecule has 0 bridgehead atoms. The van der Waals surface area contributed by atoms with E-state index in [1.54, 1.807) is 26.0 Å². The first-order valence-corrected chi connectivity index (χ1v) is 10.4. The summed E-state index contributed by atoms with van der Waals surface area (Å²) in [5, 5.41) is 14.0. The average molecular weight is 388 g/mol. The quantitative estimate of drug-likeness (QED) is 0.608. The third-order valence-electron chi connectivity index (χ3n) is 4.36. The van der Waals surface area contributed by atoms with E-state index in [1.807, 2.05) is 24.0 Å². The SMILES string of the molecule is CCNC(=NCC(O)c1ccccc1Cl)N1CCS(=O)(=O)C(C)(C)C1. The molecule has 8 heteroatoms. The molecule has 6 nitrogen and oxygen atoms in total. The molecule has 1 fully saturated rings. The molecule has 140 valence electrons. The van der Waals surface area contributed by atoms with Crippen LogP contribution < -0.4 is 5.32 Å². The number of rotatable bonds is 4. The maximum absolute atomic E-state index is 12.2. The number of hydrogen-bond acceptors (Lipinski definition) is 4. The Morgan fingerprint density at radius 2 is 2.12 bits per heavy atom. The number of hydrogen-bond donors (Lipinski definition) is 2. The fourth-order valence-electron chi connectivity index (χ4n) is 2.77. The summed E-state index contributed by atoms with van der Waals surface area (Å²) in [6.07, 6.45) is -0.816. The summed E-state index contributed by atoms with van der Waals surface area (Å²) in [5.74, 6) is 0.703. The highest BCUT2D eigenvalue weighted by Gasteiger charge is 2.41. The van der Waals surface area contributed by atoms with Gasteiger partial charge in [0.15, 0.2) is 15.8 Å². The van der Waals surface area contributed by atoms with Gasteiger partial charge in [0.1, 0.15) is 6.10 Å². The van der Waals surface area contributed by atoms with Crippen LogP contribution >= 0.6 is 11.6 Å². The second-order valence-electron chi connectivity index (χ2n) is 6.73. The van der Waals surface area contributed by atoms with E-state index in [0.717, 1.165) is 0 Å². The van der Waals surface area contributed by atoms with Crippen molar-refractivity contribution in [3.63, 3.8) is 0 Å². The summed E-state index contributed by atoms with van der Waals surface area (Å²) >= 11 is 6.11. The van der Waals surface area contributed by atoms with E-state index >= 15 is 0 Å². The van der Waals surface area contributed by atoms with Crippen LogP contribution in [0.1, 0.15) is 32.4 Å². The van der Waals surface area contributed by atoms with Crippen LogP contribution in [-0.2, 0) is 9.84 Å². The first kappa shape index (κ1) is 20.0. The van der Waals surface area contributed by atoms with Crippen LogP contribution in [0.3, 0.4) is 0 Å². The van der Waals surface area contributed by atoms with E-state index in [0.29, 0.717) is 36.2 Å². The minimum Gasteiger partial charge on any atom is -0.386 e. The number of halogens is 1. The van der Waals surface area contributed by atoms with E-state index in [2.05, 4.69) is 10.3 Å². The fourth-order valence-corrected chi connectivity index (χ4v) is 4.39. The Hall–Kier alpha value is -1.31. The van der Waals surface area contributed by atoms with Crippen molar-refractivity contribution in [1.29, 1.82) is 0 Å². The van der Waals surface area contributed by atoms with Gasteiger partial charge in [-0.1, -0.05) is 29.8 Å². The molecule has 0 radical (unpaired) electrons. The van der Waals surface area contributed by atoms with E-state index in [1.165, 1.54) is 0 Å². The number of nitrogens with one attached hydrogen (secondary N) is 1. The molecule has 0 aromatic heterocycles. The summed E-state index contributed by atoms with van der Waals surface area (Å²) in [6, 6.07) is 7.12. The highest BCUT2D eigenvalue weighted by molar-refractivity contribution is 7.92. The van der Waals surface area contributed by atoms with Crippen molar-refractivity contribution < 1.29 is 13.5 Å². The molecule has 1 aliphatic heterocycles. The lowest BCUT2D eigenvalue weighted by atomic mass is 10.1. The van der Waals surface area contributed by atoms with E-state index in [-0.39, 0.29) is 12.3 Å². The van der Waals surface area contributed by atoms with Gasteiger partial charge in [0.25, 0.3) is 0 Å². The molecule has 1 atom stereocenters. The van der Waals surface area contributed by atoms with Crippen LogP contribution in [-0.4, -0.2) is 61.1 Å². The Morgan fingerprint density at radius 3 is 2.72 bits per heavy atom. The van der Waals surface area contributed by atoms with Crippen LogP contribution in [0.25, 0.3) is 0 Å². The predicted molar refractivity (Wildman–Crippen MR) is 102 cm³/mol. The van der Waals surface area contributed by atoms with E-state index in [9.17, 15) is 13.5 Å². The van der Waals surface area contributed by atoms with Gasteiger partial charge in [-0.2, -0.15) is 0 Å². The number of nitrogens with zero attached hydrogens (tertiary/aromatic N) is 2. The largest absolute Gasteiger partial charge is 0.386 e. The molecule has 1 aromatic rings. The van der Waals surface area contributed by atoms with Gasteiger partial charge in [-0.15, -0.1) is 0 Å². The minimum atomic E-state index is -3.11. The van der Waals surface area contributed by atoms with Crippen molar-refractivity contribution in [2.75, 3.05) is 31.9 Å². The zero-order valence-corrected chi connectivity index (χ0v) is 16.4. The smallest absolute Gasteiger partial charge is 0.194 e. The molecule has 1 heterocycles. The molecular weight excluding hydrogens is 362 g/mol. The zero-order valence-electron chi connectivity index (χ0n) is 14.9. The third-order valence-corrected chi connectivity index (χ3v) is 7.23. The Balaban J connectivity index is 2.15. The van der Waals surface area contributed by atoms with Gasteiger partial charge in [0.2, 0.25) is 0 Å². The number of aliphatic imine (C=N–C) groups is 1. The van der Waals surface area contributed by atoms with Crippen molar-refractivity contribution in [2.45, 2.75) is 31.6 Å². The molecule has 2 N–H and O–H groups in total. The molecule has 25 heavy (non-hydrogen) atoms. The van der Waals surface area contributed by atoms with Crippen LogP contribution in [0.4, 0.5) is 0 Å². The normalized spacial score (nSPS) is 21.0. The number of benzene rings is 1. The molecule has 1 aliphatic rings. The zero-order chi connectivity index (χ0) is 18.7. The van der Waals surface area contributed by atoms with Gasteiger partial charge in [-0.05, 0) is 26.8 Å². The maximum Gasteiger partial charge on any atom is 0.194 e. The molecule has 0 saturated carbocycles. The Kier molecular flexibility index (Phi) is 6.35. The van der Waals surface area contributed by atoms with E-state index in [4.69, 9.17) is 11.6 Å². The van der Waals surface area contributed by atoms with Gasteiger partial charge >= 0.3 is 0 Å². The molecule has 1 unspecified atom stereocenters. The van der Waals surface area contributed by atoms with Crippen molar-refractivity contribution >= 4 is 27.4 Å². The van der Waals surface area contributed by atoms with Crippen LogP contribution in [0.15, 0.2) is 29.3 Å². The van der Waals surface area contributed by atoms with Crippen molar-refractivity contribution in [1.82, 2.24) is 10.2 Å². The summed E-state index contributed by atoms with van der Waals surface area (Å²) in [7, 11) is -3.11. The van der Waals surface area contributed by atoms with Gasteiger partial charge in [-0.3, -0.25) is 4.99 Å². The molecule has 1 saturated heterocycles. The minimum absolute atomic E-state index is 0.0947. The highest BCUT2D eigenvalue weighted by Crippen LogP contribution is 2.25. The Bertz CT molecular complexity index is 734. The maximum atomic E-state index is 12.2. The van der Waals surface area contributed by atoms with Crippen molar-refractivity contribution in [3.05, 3.63) is 34.9 Å². The lowest BCUT2D eigenvalue weighted by Crippen LogP contribution is -2.57. The van der Waals surface area contributed by atoms with E-state index < -0.39 is 20.7 Å². The van der Waals surface area contributed by atoms with Crippen molar-refractivity contribution in [3.8, 4) is 0 Å². The van der Waals surface area contributed by atoms with Gasteiger partial charge in [0, 0.05) is 30.2 Å². The number of sulfone groups is 1. The monoisotopic (exact) mass is 387 g/mol.